The number of carbonyl (C=O) groups is 3. The van der Waals surface area contributed by atoms with E-state index in [0.717, 1.165) is 32.1 Å². The Morgan fingerprint density at radius 2 is 1.97 bits per heavy atom. The lowest BCUT2D eigenvalue weighted by atomic mass is 9.94. The number of unbranched alkanes of at least 4 members (excludes halogenated alkanes) is 1. The lowest BCUT2D eigenvalue weighted by Crippen LogP contribution is -2.44. The molecule has 0 unspecified atom stereocenters. The molecular formula is C21H27ClN2O7. The summed E-state index contributed by atoms with van der Waals surface area (Å²) in [6.07, 6.45) is 6.58. The van der Waals surface area contributed by atoms with Gasteiger partial charge in [-0.2, -0.15) is 0 Å². The van der Waals surface area contributed by atoms with Gasteiger partial charge in [-0.15, -0.1) is 0 Å². The molecule has 1 aliphatic carbocycles. The van der Waals surface area contributed by atoms with Gasteiger partial charge in [0.05, 0.1) is 18.6 Å². The molecule has 1 fully saturated rings. The standard InChI is InChI=1S/C21H27ClN2O7/c1-30-20(27)13-23(15-7-3-2-4-8-15)19(26)9-5-6-12-31-18-11-10-17(22)21(24(28)29)16(18)14-25/h10-11,14-15H,2-9,12-13H2,1H3. The molecule has 0 spiro atoms. The summed E-state index contributed by atoms with van der Waals surface area (Å²) >= 11 is 5.80. The lowest BCUT2D eigenvalue weighted by molar-refractivity contribution is -0.385. The van der Waals surface area contributed by atoms with Crippen LogP contribution >= 0.6 is 11.6 Å². The maximum atomic E-state index is 12.7. The minimum Gasteiger partial charge on any atom is -0.493 e. The second-order valence-electron chi connectivity index (χ2n) is 7.38. The van der Waals surface area contributed by atoms with Crippen LogP contribution in [0.15, 0.2) is 12.1 Å². The number of esters is 1. The molecule has 0 N–H and O–H groups in total. The second-order valence-corrected chi connectivity index (χ2v) is 7.79. The fourth-order valence-electron chi connectivity index (χ4n) is 3.71. The van der Waals surface area contributed by atoms with E-state index >= 15 is 0 Å². The Morgan fingerprint density at radius 3 is 2.58 bits per heavy atom. The second kappa shape index (κ2) is 12.2. The van der Waals surface area contributed by atoms with Gasteiger partial charge in [-0.3, -0.25) is 24.5 Å². The molecule has 0 aliphatic heterocycles. The Bertz CT molecular complexity index is 809. The molecule has 0 radical (unpaired) electrons. The molecule has 1 amide bonds. The summed E-state index contributed by atoms with van der Waals surface area (Å²) in [6, 6.07) is 2.77. The minimum atomic E-state index is -0.723. The average Bonchev–Trinajstić information content (AvgIpc) is 2.77. The Balaban J connectivity index is 1.89. The van der Waals surface area contributed by atoms with Gasteiger partial charge < -0.3 is 14.4 Å². The molecule has 0 heterocycles. The van der Waals surface area contributed by atoms with Crippen molar-refractivity contribution >= 4 is 35.5 Å². The molecule has 1 aromatic rings. The van der Waals surface area contributed by atoms with Crippen molar-refractivity contribution in [1.29, 1.82) is 0 Å². The van der Waals surface area contributed by atoms with Crippen LogP contribution in [0, 0.1) is 10.1 Å². The highest BCUT2D eigenvalue weighted by Crippen LogP contribution is 2.34. The van der Waals surface area contributed by atoms with E-state index in [4.69, 9.17) is 21.1 Å². The van der Waals surface area contributed by atoms with Gasteiger partial charge in [0.25, 0.3) is 0 Å². The van der Waals surface area contributed by atoms with E-state index in [1.165, 1.54) is 19.2 Å². The van der Waals surface area contributed by atoms with E-state index in [1.807, 2.05) is 0 Å². The SMILES string of the molecule is COC(=O)CN(C(=O)CCCCOc1ccc(Cl)c([N+](=O)[O-])c1C=O)C1CCCCC1. The molecule has 0 aromatic heterocycles. The number of halogens is 1. The van der Waals surface area contributed by atoms with E-state index in [0.29, 0.717) is 19.1 Å². The molecule has 1 aromatic carbocycles. The monoisotopic (exact) mass is 454 g/mol. The van der Waals surface area contributed by atoms with E-state index in [-0.39, 0.29) is 47.9 Å². The highest BCUT2D eigenvalue weighted by molar-refractivity contribution is 6.33. The van der Waals surface area contributed by atoms with Crippen molar-refractivity contribution in [3.8, 4) is 5.75 Å². The van der Waals surface area contributed by atoms with Crippen LogP contribution in [0.5, 0.6) is 5.75 Å². The molecule has 10 heteroatoms. The van der Waals surface area contributed by atoms with Gasteiger partial charge in [0.2, 0.25) is 5.91 Å². The van der Waals surface area contributed by atoms with Crippen molar-refractivity contribution in [1.82, 2.24) is 4.90 Å². The molecule has 170 valence electrons. The minimum absolute atomic E-state index is 0.0480. The average molecular weight is 455 g/mol. The van der Waals surface area contributed by atoms with E-state index in [1.54, 1.807) is 4.90 Å². The first-order valence-electron chi connectivity index (χ1n) is 10.3. The third-order valence-corrected chi connectivity index (χ3v) is 5.64. The van der Waals surface area contributed by atoms with Crippen molar-refractivity contribution in [2.75, 3.05) is 20.3 Å². The zero-order chi connectivity index (χ0) is 22.8. The van der Waals surface area contributed by atoms with Crippen molar-refractivity contribution in [3.05, 3.63) is 32.8 Å². The zero-order valence-electron chi connectivity index (χ0n) is 17.5. The first-order chi connectivity index (χ1) is 14.9. The van der Waals surface area contributed by atoms with Crippen molar-refractivity contribution in [3.63, 3.8) is 0 Å². The molecule has 9 nitrogen and oxygen atoms in total. The van der Waals surface area contributed by atoms with Crippen LogP contribution in [-0.4, -0.2) is 54.3 Å². The smallest absolute Gasteiger partial charge is 0.325 e. The van der Waals surface area contributed by atoms with Crippen LogP contribution in [0.1, 0.15) is 61.7 Å². The van der Waals surface area contributed by atoms with Gasteiger partial charge in [0.1, 0.15) is 22.9 Å². The molecule has 2 rings (SSSR count). The fraction of sp³-hybridized carbons (Fsp3) is 0.571. The number of carbonyl (C=O) groups excluding carboxylic acids is 3. The summed E-state index contributed by atoms with van der Waals surface area (Å²) < 4.78 is 10.3. The molecule has 1 aliphatic rings. The van der Waals surface area contributed by atoms with Crippen LogP contribution in [0.3, 0.4) is 0 Å². The number of nitro benzene ring substituents is 1. The van der Waals surface area contributed by atoms with Gasteiger partial charge in [0.15, 0.2) is 6.29 Å². The number of nitrogens with zero attached hydrogens (tertiary/aromatic N) is 2. The summed E-state index contributed by atoms with van der Waals surface area (Å²) in [5, 5.41) is 11.0. The van der Waals surface area contributed by atoms with Crippen LogP contribution < -0.4 is 4.74 Å². The van der Waals surface area contributed by atoms with E-state index in [2.05, 4.69) is 0 Å². The number of methoxy groups -OCH3 is 1. The summed E-state index contributed by atoms with van der Waals surface area (Å²) in [7, 11) is 1.30. The van der Waals surface area contributed by atoms with Gasteiger partial charge in [-0.1, -0.05) is 30.9 Å². The third kappa shape index (κ3) is 6.92. The first kappa shape index (κ1) is 24.6. The number of hydrogen-bond acceptors (Lipinski definition) is 7. The zero-order valence-corrected chi connectivity index (χ0v) is 18.3. The summed E-state index contributed by atoms with van der Waals surface area (Å²) in [6.45, 7) is 0.126. The Hall–Kier alpha value is -2.68. The van der Waals surface area contributed by atoms with Crippen molar-refractivity contribution < 1.29 is 28.8 Å². The highest BCUT2D eigenvalue weighted by atomic mass is 35.5. The maximum Gasteiger partial charge on any atom is 0.325 e. The molecular weight excluding hydrogens is 428 g/mol. The van der Waals surface area contributed by atoms with E-state index < -0.39 is 16.6 Å². The molecule has 1 saturated carbocycles. The van der Waals surface area contributed by atoms with Crippen LogP contribution in [0.4, 0.5) is 5.69 Å². The van der Waals surface area contributed by atoms with Crippen molar-refractivity contribution in [2.45, 2.75) is 57.4 Å². The van der Waals surface area contributed by atoms with Crippen LogP contribution in [0.25, 0.3) is 0 Å². The number of ether oxygens (including phenoxy) is 2. The van der Waals surface area contributed by atoms with Crippen LogP contribution in [-0.2, 0) is 14.3 Å². The summed E-state index contributed by atoms with van der Waals surface area (Å²) in [5.41, 5.74) is -0.703. The Kier molecular flexibility index (Phi) is 9.71. The molecule has 0 bridgehead atoms. The number of amides is 1. The van der Waals surface area contributed by atoms with Crippen LogP contribution in [0.2, 0.25) is 5.02 Å². The normalized spacial score (nSPS) is 14.0. The fourth-order valence-corrected chi connectivity index (χ4v) is 3.94. The number of aldehydes is 1. The first-order valence-corrected chi connectivity index (χ1v) is 10.7. The van der Waals surface area contributed by atoms with E-state index in [9.17, 15) is 24.5 Å². The third-order valence-electron chi connectivity index (χ3n) is 5.33. The largest absolute Gasteiger partial charge is 0.493 e. The molecule has 31 heavy (non-hydrogen) atoms. The van der Waals surface area contributed by atoms with Gasteiger partial charge in [-0.05, 0) is 37.8 Å². The highest BCUT2D eigenvalue weighted by Gasteiger charge is 2.27. The summed E-state index contributed by atoms with van der Waals surface area (Å²) in [4.78, 5) is 47.8. The maximum absolute atomic E-state index is 12.7. The van der Waals surface area contributed by atoms with Gasteiger partial charge in [-0.25, -0.2) is 0 Å². The van der Waals surface area contributed by atoms with Gasteiger partial charge in [0, 0.05) is 12.5 Å². The number of rotatable bonds is 11. The predicted molar refractivity (Wildman–Crippen MR) is 113 cm³/mol. The topological polar surface area (TPSA) is 116 Å². The quantitative estimate of drug-likeness (QED) is 0.163. The predicted octanol–water partition coefficient (Wildman–Crippen LogP) is 3.94. The Labute approximate surface area is 185 Å². The molecule has 0 atom stereocenters. The van der Waals surface area contributed by atoms with Gasteiger partial charge >= 0.3 is 11.7 Å². The lowest BCUT2D eigenvalue weighted by Gasteiger charge is -2.33. The summed E-state index contributed by atoms with van der Waals surface area (Å²) in [5.74, 6) is -0.465. The molecule has 0 saturated heterocycles. The number of nitro groups is 1. The number of hydrogen-bond donors (Lipinski definition) is 0. The van der Waals surface area contributed by atoms with Crippen molar-refractivity contribution in [2.24, 2.45) is 0 Å². The number of benzene rings is 1. The Morgan fingerprint density at radius 1 is 1.26 bits per heavy atom.